The Labute approximate surface area is 210 Å². The summed E-state index contributed by atoms with van der Waals surface area (Å²) in [7, 11) is 0. The fraction of sp³-hybridized carbons (Fsp3) is 0.360. The Hall–Kier alpha value is -2.55. The normalized spacial score (nSPS) is 16.3. The number of hydrogen-bond donors (Lipinski definition) is 2. The number of benzene rings is 2. The number of imidazole rings is 1. The number of carbonyl (C=O) groups is 1. The van der Waals surface area contributed by atoms with E-state index in [0.717, 1.165) is 29.3 Å². The summed E-state index contributed by atoms with van der Waals surface area (Å²) in [5, 5.41) is 4.10. The van der Waals surface area contributed by atoms with Gasteiger partial charge in [0.2, 0.25) is 5.91 Å². The summed E-state index contributed by atoms with van der Waals surface area (Å²) in [6.45, 7) is 1.56. The Balaban J connectivity index is 0.00000274. The molecule has 6 nitrogen and oxygen atoms in total. The summed E-state index contributed by atoms with van der Waals surface area (Å²) in [4.78, 5) is 19.7. The molecule has 0 saturated heterocycles. The van der Waals surface area contributed by atoms with Crippen LogP contribution in [0.4, 0.5) is 15.9 Å². The number of carbonyl (C=O) groups excluding carboxylic acids is 1. The zero-order valence-electron chi connectivity index (χ0n) is 18.8. The molecule has 3 aromatic rings. The molecule has 1 aliphatic heterocycles. The van der Waals surface area contributed by atoms with Gasteiger partial charge in [0.25, 0.3) is 0 Å². The van der Waals surface area contributed by atoms with Gasteiger partial charge in [0.05, 0.1) is 12.6 Å². The van der Waals surface area contributed by atoms with Gasteiger partial charge in [-0.05, 0) is 60.9 Å². The van der Waals surface area contributed by atoms with Gasteiger partial charge < -0.3 is 20.5 Å². The van der Waals surface area contributed by atoms with Crippen molar-refractivity contribution >= 4 is 42.5 Å². The smallest absolute Gasteiger partial charge is 0.239 e. The minimum Gasteiger partial charge on any atom is -0.340 e. The third kappa shape index (κ3) is 5.09. The van der Waals surface area contributed by atoms with E-state index in [0.29, 0.717) is 36.3 Å². The number of rotatable bonds is 6. The first kappa shape index (κ1) is 24.6. The van der Waals surface area contributed by atoms with Crippen LogP contribution in [-0.4, -0.2) is 32.9 Å². The highest BCUT2D eigenvalue weighted by molar-refractivity contribution is 7.59. The monoisotopic (exact) mass is 501 g/mol. The first-order valence-corrected chi connectivity index (χ1v) is 11.8. The first-order valence-electron chi connectivity index (χ1n) is 11.4. The van der Waals surface area contributed by atoms with E-state index < -0.39 is 6.04 Å². The molecule has 1 amide bonds. The number of anilines is 2. The minimum atomic E-state index is -0.458. The van der Waals surface area contributed by atoms with Crippen molar-refractivity contribution in [1.82, 2.24) is 14.5 Å². The number of aromatic nitrogens is 2. The van der Waals surface area contributed by atoms with Crippen molar-refractivity contribution in [2.75, 3.05) is 11.9 Å². The summed E-state index contributed by atoms with van der Waals surface area (Å²) in [5.74, 6) is 1.86. The van der Waals surface area contributed by atoms with Crippen LogP contribution < -0.4 is 11.1 Å². The molecule has 1 aromatic heterocycles. The Kier molecular flexibility index (Phi) is 7.50. The van der Waals surface area contributed by atoms with Crippen LogP contribution in [0.25, 0.3) is 11.3 Å². The van der Waals surface area contributed by atoms with E-state index in [2.05, 4.69) is 9.88 Å². The summed E-state index contributed by atoms with van der Waals surface area (Å²) < 4.78 is 15.6. The molecule has 9 heteroatoms. The van der Waals surface area contributed by atoms with Gasteiger partial charge in [-0.1, -0.05) is 30.9 Å². The largest absolute Gasteiger partial charge is 0.340 e. The standard InChI is InChI=1S/C25H27ClFN5O.H2S/c26-18-6-10-20(11-7-18)29-24-23(17-4-8-19(27)9-5-17)30-22-15-31(12-13-32(22)24)25(33)21(28)14-16-2-1-3-16;/h4-11,16,21,29H,1-3,12-15,28H2;1H2/t21-;/m0./s1. The zero-order valence-corrected chi connectivity index (χ0v) is 20.6. The molecule has 0 spiro atoms. The lowest BCUT2D eigenvalue weighted by Crippen LogP contribution is -2.48. The molecule has 1 fully saturated rings. The lowest BCUT2D eigenvalue weighted by Gasteiger charge is -2.33. The Bertz CT molecular complexity index is 1150. The number of amides is 1. The number of nitrogens with two attached hydrogens (primary N) is 1. The molecule has 2 aromatic carbocycles. The molecule has 2 aliphatic rings. The molecule has 180 valence electrons. The second-order valence-electron chi connectivity index (χ2n) is 8.91. The van der Waals surface area contributed by atoms with Gasteiger partial charge in [-0.15, -0.1) is 0 Å². The number of fused-ring (bicyclic) bond motifs is 1. The topological polar surface area (TPSA) is 76.2 Å². The molecular formula is C25H29ClFN5OS. The predicted octanol–water partition coefficient (Wildman–Crippen LogP) is 5.06. The molecule has 5 rings (SSSR count). The summed E-state index contributed by atoms with van der Waals surface area (Å²) in [5.41, 5.74) is 8.64. The predicted molar refractivity (Wildman–Crippen MR) is 138 cm³/mol. The average molecular weight is 502 g/mol. The van der Waals surface area contributed by atoms with Crippen LogP contribution in [0.1, 0.15) is 31.5 Å². The molecule has 0 unspecified atom stereocenters. The summed E-state index contributed by atoms with van der Waals surface area (Å²) in [6, 6.07) is 13.3. The van der Waals surface area contributed by atoms with Gasteiger partial charge in [0.1, 0.15) is 23.2 Å². The van der Waals surface area contributed by atoms with E-state index in [9.17, 15) is 9.18 Å². The number of nitrogens with one attached hydrogen (secondary N) is 1. The molecule has 1 atom stereocenters. The van der Waals surface area contributed by atoms with Crippen molar-refractivity contribution in [2.24, 2.45) is 11.7 Å². The van der Waals surface area contributed by atoms with E-state index in [1.165, 1.54) is 31.4 Å². The summed E-state index contributed by atoms with van der Waals surface area (Å²) in [6.07, 6.45) is 4.34. The fourth-order valence-corrected chi connectivity index (χ4v) is 4.67. The van der Waals surface area contributed by atoms with Crippen LogP contribution in [0, 0.1) is 11.7 Å². The Morgan fingerprint density at radius 1 is 1.15 bits per heavy atom. The Morgan fingerprint density at radius 2 is 1.85 bits per heavy atom. The van der Waals surface area contributed by atoms with Crippen LogP contribution in [0.5, 0.6) is 0 Å². The van der Waals surface area contributed by atoms with Crippen molar-refractivity contribution in [3.05, 3.63) is 65.2 Å². The molecule has 1 aliphatic carbocycles. The average Bonchev–Trinajstić information content (AvgIpc) is 3.15. The van der Waals surface area contributed by atoms with Gasteiger partial charge in [-0.25, -0.2) is 9.37 Å². The third-order valence-electron chi connectivity index (χ3n) is 6.64. The lowest BCUT2D eigenvalue weighted by molar-refractivity contribution is -0.134. The highest BCUT2D eigenvalue weighted by Crippen LogP contribution is 2.34. The molecule has 1 saturated carbocycles. The van der Waals surface area contributed by atoms with Gasteiger partial charge in [-0.3, -0.25) is 4.79 Å². The maximum Gasteiger partial charge on any atom is 0.239 e. The maximum atomic E-state index is 13.5. The van der Waals surface area contributed by atoms with Crippen molar-refractivity contribution < 1.29 is 9.18 Å². The van der Waals surface area contributed by atoms with Crippen molar-refractivity contribution in [3.63, 3.8) is 0 Å². The first-order chi connectivity index (χ1) is 16.0. The van der Waals surface area contributed by atoms with Crippen LogP contribution in [0.15, 0.2) is 48.5 Å². The molecule has 3 N–H and O–H groups in total. The molecule has 0 bridgehead atoms. The number of halogens is 2. The number of hydrogen-bond acceptors (Lipinski definition) is 4. The van der Waals surface area contributed by atoms with E-state index >= 15 is 0 Å². The molecule has 2 heterocycles. The molecular weight excluding hydrogens is 473 g/mol. The number of nitrogens with zero attached hydrogens (tertiary/aromatic N) is 3. The van der Waals surface area contributed by atoms with Crippen molar-refractivity contribution in [2.45, 2.75) is 44.8 Å². The van der Waals surface area contributed by atoms with Crippen LogP contribution in [-0.2, 0) is 17.9 Å². The fourth-order valence-electron chi connectivity index (χ4n) is 4.55. The van der Waals surface area contributed by atoms with E-state index in [1.54, 1.807) is 12.1 Å². The second-order valence-corrected chi connectivity index (χ2v) is 9.35. The minimum absolute atomic E-state index is 0. The third-order valence-corrected chi connectivity index (χ3v) is 6.89. The van der Waals surface area contributed by atoms with E-state index in [4.69, 9.17) is 22.3 Å². The van der Waals surface area contributed by atoms with Crippen LogP contribution in [0.3, 0.4) is 0 Å². The molecule has 0 radical (unpaired) electrons. The van der Waals surface area contributed by atoms with Gasteiger partial charge in [0, 0.05) is 29.4 Å². The van der Waals surface area contributed by atoms with Gasteiger partial charge in [0.15, 0.2) is 0 Å². The highest BCUT2D eigenvalue weighted by Gasteiger charge is 2.31. The second kappa shape index (κ2) is 10.4. The quantitative estimate of drug-likeness (QED) is 0.495. The SMILES string of the molecule is N[C@@H](CC1CCC1)C(=O)N1CCn2c(nc(-c3ccc(F)cc3)c2Nc2ccc(Cl)cc2)C1.S. The van der Waals surface area contributed by atoms with Crippen LogP contribution >= 0.6 is 25.1 Å². The molecule has 34 heavy (non-hydrogen) atoms. The maximum absolute atomic E-state index is 13.5. The van der Waals surface area contributed by atoms with Crippen molar-refractivity contribution in [3.8, 4) is 11.3 Å². The highest BCUT2D eigenvalue weighted by atomic mass is 35.5. The van der Waals surface area contributed by atoms with Gasteiger partial charge >= 0.3 is 0 Å². The van der Waals surface area contributed by atoms with E-state index in [-0.39, 0.29) is 25.2 Å². The zero-order chi connectivity index (χ0) is 22.9. The lowest BCUT2D eigenvalue weighted by atomic mass is 9.81. The van der Waals surface area contributed by atoms with Gasteiger partial charge in [-0.2, -0.15) is 13.5 Å². The van der Waals surface area contributed by atoms with Crippen molar-refractivity contribution in [1.29, 1.82) is 0 Å². The Morgan fingerprint density at radius 3 is 2.50 bits per heavy atom. The van der Waals surface area contributed by atoms with E-state index in [1.807, 2.05) is 29.2 Å². The summed E-state index contributed by atoms with van der Waals surface area (Å²) >= 11 is 6.04. The van der Waals surface area contributed by atoms with Crippen LogP contribution in [0.2, 0.25) is 5.02 Å².